The molecule has 1 heterocycles. The summed E-state index contributed by atoms with van der Waals surface area (Å²) in [7, 11) is 0. The summed E-state index contributed by atoms with van der Waals surface area (Å²) in [5.41, 5.74) is 0. The van der Waals surface area contributed by atoms with Gasteiger partial charge in [0.1, 0.15) is 0 Å². The van der Waals surface area contributed by atoms with Crippen LogP contribution in [-0.2, 0) is 4.79 Å². The number of nitrogens with one attached hydrogen (secondary N) is 1. The van der Waals surface area contributed by atoms with Gasteiger partial charge in [-0.3, -0.25) is 4.79 Å². The summed E-state index contributed by atoms with van der Waals surface area (Å²) >= 11 is 0. The second kappa shape index (κ2) is 5.36. The van der Waals surface area contributed by atoms with E-state index in [1.807, 2.05) is 4.90 Å². The monoisotopic (exact) mass is 220 g/mol. The molecular weight excluding hydrogens is 200 g/mol. The Morgan fingerprint density at radius 1 is 1.38 bits per heavy atom. The van der Waals surface area contributed by atoms with Crippen LogP contribution in [0.3, 0.4) is 0 Å². The molecule has 1 aliphatic heterocycles. The fourth-order valence-corrected chi connectivity index (χ4v) is 2.24. The zero-order chi connectivity index (χ0) is 11.4. The minimum absolute atomic E-state index is 0.249. The summed E-state index contributed by atoms with van der Waals surface area (Å²) in [6.07, 6.45) is 9.63. The van der Waals surface area contributed by atoms with Crippen molar-refractivity contribution < 1.29 is 4.79 Å². The number of hydrogen-bond donors (Lipinski definition) is 1. The maximum atomic E-state index is 12.1. The van der Waals surface area contributed by atoms with Crippen LogP contribution in [0.15, 0.2) is 0 Å². The van der Waals surface area contributed by atoms with Crippen LogP contribution in [0.25, 0.3) is 0 Å². The van der Waals surface area contributed by atoms with Gasteiger partial charge in [0.2, 0.25) is 5.91 Å². The lowest BCUT2D eigenvalue weighted by Gasteiger charge is -2.21. The van der Waals surface area contributed by atoms with Crippen LogP contribution in [0.4, 0.5) is 0 Å². The van der Waals surface area contributed by atoms with Crippen LogP contribution >= 0.6 is 0 Å². The van der Waals surface area contributed by atoms with Gasteiger partial charge < -0.3 is 10.2 Å². The molecule has 0 bridgehead atoms. The number of nitrogens with zero attached hydrogens (tertiary/aromatic N) is 1. The number of carbonyl (C=O) groups excluding carboxylic acids is 1. The van der Waals surface area contributed by atoms with E-state index in [4.69, 9.17) is 6.42 Å². The molecule has 1 unspecified atom stereocenters. The highest BCUT2D eigenvalue weighted by Crippen LogP contribution is 2.30. The molecule has 2 rings (SSSR count). The highest BCUT2D eigenvalue weighted by Gasteiger charge is 2.27. The Kier molecular flexibility index (Phi) is 3.84. The van der Waals surface area contributed by atoms with Crippen LogP contribution in [0.5, 0.6) is 0 Å². The van der Waals surface area contributed by atoms with Crippen LogP contribution in [0.2, 0.25) is 0 Å². The first kappa shape index (κ1) is 11.5. The zero-order valence-corrected chi connectivity index (χ0v) is 9.74. The predicted octanol–water partition coefficient (Wildman–Crippen LogP) is 0.858. The van der Waals surface area contributed by atoms with Crippen molar-refractivity contribution in [3.63, 3.8) is 0 Å². The first-order valence-electron chi connectivity index (χ1n) is 6.21. The molecule has 1 atom stereocenters. The minimum Gasteiger partial charge on any atom is -0.331 e. The van der Waals surface area contributed by atoms with Gasteiger partial charge in [-0.15, -0.1) is 6.42 Å². The third kappa shape index (κ3) is 3.24. The predicted molar refractivity (Wildman–Crippen MR) is 63.7 cm³/mol. The Hall–Kier alpha value is -1.01. The van der Waals surface area contributed by atoms with Gasteiger partial charge in [0.05, 0.1) is 6.54 Å². The molecule has 0 radical (unpaired) electrons. The molecule has 1 N–H and O–H groups in total. The molecule has 0 aromatic rings. The summed E-state index contributed by atoms with van der Waals surface area (Å²) in [6.45, 7) is 3.40. The molecule has 2 fully saturated rings. The molecule has 1 saturated carbocycles. The summed E-state index contributed by atoms with van der Waals surface area (Å²) in [6, 6.07) is 0. The molecule has 0 spiro atoms. The Bertz CT molecular complexity index is 285. The van der Waals surface area contributed by atoms with Gasteiger partial charge in [0.15, 0.2) is 0 Å². The first-order chi connectivity index (χ1) is 7.79. The molecule has 0 aromatic carbocycles. The minimum atomic E-state index is 0.249. The van der Waals surface area contributed by atoms with E-state index in [1.54, 1.807) is 0 Å². The van der Waals surface area contributed by atoms with Crippen LogP contribution < -0.4 is 5.32 Å². The van der Waals surface area contributed by atoms with E-state index in [2.05, 4.69) is 11.2 Å². The fourth-order valence-electron chi connectivity index (χ4n) is 2.24. The number of hydrogen-bond acceptors (Lipinski definition) is 2. The zero-order valence-electron chi connectivity index (χ0n) is 9.74. The van der Waals surface area contributed by atoms with E-state index in [1.165, 1.54) is 12.8 Å². The Morgan fingerprint density at radius 2 is 2.19 bits per heavy atom. The molecule has 2 aliphatic rings. The van der Waals surface area contributed by atoms with Crippen LogP contribution in [-0.4, -0.2) is 37.0 Å². The van der Waals surface area contributed by atoms with Gasteiger partial charge in [0, 0.05) is 13.0 Å². The third-order valence-electron chi connectivity index (χ3n) is 3.44. The Morgan fingerprint density at radius 3 is 2.75 bits per heavy atom. The van der Waals surface area contributed by atoms with Crippen molar-refractivity contribution in [3.05, 3.63) is 0 Å². The Balaban J connectivity index is 1.80. The van der Waals surface area contributed by atoms with Gasteiger partial charge in [-0.05, 0) is 44.2 Å². The van der Waals surface area contributed by atoms with E-state index < -0.39 is 0 Å². The summed E-state index contributed by atoms with van der Waals surface area (Å²) in [4.78, 5) is 13.9. The molecule has 0 aromatic heterocycles. The highest BCUT2D eigenvalue weighted by molar-refractivity contribution is 5.76. The van der Waals surface area contributed by atoms with Gasteiger partial charge in [0.25, 0.3) is 0 Å². The van der Waals surface area contributed by atoms with E-state index in [0.29, 0.717) is 18.9 Å². The second-order valence-electron chi connectivity index (χ2n) is 4.98. The van der Waals surface area contributed by atoms with Crippen LogP contribution in [0.1, 0.15) is 25.7 Å². The molecule has 88 valence electrons. The molecule has 1 saturated heterocycles. The van der Waals surface area contributed by atoms with Crippen molar-refractivity contribution in [2.24, 2.45) is 11.8 Å². The summed E-state index contributed by atoms with van der Waals surface area (Å²) in [5.74, 6) is 4.09. The number of carbonyl (C=O) groups is 1. The summed E-state index contributed by atoms with van der Waals surface area (Å²) < 4.78 is 0. The van der Waals surface area contributed by atoms with Gasteiger partial charge in [-0.1, -0.05) is 5.92 Å². The third-order valence-corrected chi connectivity index (χ3v) is 3.44. The maximum Gasteiger partial charge on any atom is 0.223 e. The highest BCUT2D eigenvalue weighted by atomic mass is 16.2. The van der Waals surface area contributed by atoms with Crippen molar-refractivity contribution in [1.82, 2.24) is 10.2 Å². The van der Waals surface area contributed by atoms with Gasteiger partial charge in [-0.2, -0.15) is 0 Å². The second-order valence-corrected chi connectivity index (χ2v) is 4.98. The van der Waals surface area contributed by atoms with E-state index >= 15 is 0 Å². The largest absolute Gasteiger partial charge is 0.331 e. The van der Waals surface area contributed by atoms with Gasteiger partial charge >= 0.3 is 0 Å². The van der Waals surface area contributed by atoms with Crippen molar-refractivity contribution >= 4 is 5.91 Å². The van der Waals surface area contributed by atoms with Crippen molar-refractivity contribution in [2.45, 2.75) is 25.7 Å². The summed E-state index contributed by atoms with van der Waals surface area (Å²) in [5, 5.41) is 3.29. The number of amides is 1. The van der Waals surface area contributed by atoms with E-state index in [-0.39, 0.29) is 5.91 Å². The molecule has 1 aliphatic carbocycles. The standard InChI is InChI=1S/C13H20N2O/c1-2-7-15(10-11-3-4-11)13(16)8-12-5-6-14-9-12/h1,11-12,14H,3-10H2. The SMILES string of the molecule is C#CCN(CC1CC1)C(=O)CC1CCNC1. The van der Waals surface area contributed by atoms with Gasteiger partial charge in [-0.25, -0.2) is 0 Å². The molecular formula is C13H20N2O. The molecule has 3 heteroatoms. The van der Waals surface area contributed by atoms with Crippen molar-refractivity contribution in [3.8, 4) is 12.3 Å². The maximum absolute atomic E-state index is 12.1. The quantitative estimate of drug-likeness (QED) is 0.697. The van der Waals surface area contributed by atoms with E-state index in [9.17, 15) is 4.79 Å². The molecule has 1 amide bonds. The van der Waals surface area contributed by atoms with Crippen LogP contribution in [0, 0.1) is 24.2 Å². The number of terminal acetylenes is 1. The molecule has 16 heavy (non-hydrogen) atoms. The van der Waals surface area contributed by atoms with Crippen molar-refractivity contribution in [2.75, 3.05) is 26.2 Å². The lowest BCUT2D eigenvalue weighted by Crippen LogP contribution is -2.34. The number of rotatable bonds is 5. The lowest BCUT2D eigenvalue weighted by atomic mass is 10.0. The average Bonchev–Trinajstić information content (AvgIpc) is 2.94. The topological polar surface area (TPSA) is 32.3 Å². The van der Waals surface area contributed by atoms with Crippen molar-refractivity contribution in [1.29, 1.82) is 0 Å². The Labute approximate surface area is 97.6 Å². The fraction of sp³-hybridized carbons (Fsp3) is 0.769. The lowest BCUT2D eigenvalue weighted by molar-refractivity contribution is -0.131. The molecule has 3 nitrogen and oxygen atoms in total. The van der Waals surface area contributed by atoms with E-state index in [0.717, 1.165) is 32.0 Å². The normalized spacial score (nSPS) is 24.1. The smallest absolute Gasteiger partial charge is 0.223 e. The first-order valence-corrected chi connectivity index (χ1v) is 6.21. The average molecular weight is 220 g/mol.